The first-order valence-corrected chi connectivity index (χ1v) is 7.65. The van der Waals surface area contributed by atoms with Crippen LogP contribution in [0, 0.1) is 13.8 Å². The molecule has 0 fully saturated rings. The van der Waals surface area contributed by atoms with Crippen molar-refractivity contribution in [3.63, 3.8) is 0 Å². The van der Waals surface area contributed by atoms with Crippen LogP contribution in [0.1, 0.15) is 21.6 Å². The minimum Gasteiger partial charge on any atom is -0.497 e. The lowest BCUT2D eigenvalue weighted by molar-refractivity contribution is 0.102. The molecule has 1 amide bonds. The Morgan fingerprint density at radius 2 is 1.83 bits per heavy atom. The average Bonchev–Trinajstić information content (AvgIpc) is 2.91. The minimum atomic E-state index is -0.202. The molecule has 1 heterocycles. The number of hydrogen-bond acceptors (Lipinski definition) is 3. The van der Waals surface area contributed by atoms with E-state index in [4.69, 9.17) is 9.47 Å². The van der Waals surface area contributed by atoms with Crippen molar-refractivity contribution in [3.05, 3.63) is 53.2 Å². The lowest BCUT2D eigenvalue weighted by atomic mass is 10.1. The van der Waals surface area contributed by atoms with Gasteiger partial charge in [-0.3, -0.25) is 4.79 Å². The molecule has 5 nitrogen and oxygen atoms in total. The molecule has 3 aromatic rings. The van der Waals surface area contributed by atoms with Gasteiger partial charge in [-0.25, -0.2) is 0 Å². The fourth-order valence-corrected chi connectivity index (χ4v) is 2.78. The van der Waals surface area contributed by atoms with Crippen LogP contribution in [0.25, 0.3) is 10.9 Å². The second-order valence-corrected chi connectivity index (χ2v) is 5.69. The maximum Gasteiger partial charge on any atom is 0.272 e. The van der Waals surface area contributed by atoms with Crippen molar-refractivity contribution in [2.45, 2.75) is 13.8 Å². The van der Waals surface area contributed by atoms with E-state index in [2.05, 4.69) is 10.3 Å². The molecule has 0 bridgehead atoms. The number of carbonyl (C=O) groups excluding carboxylic acids is 1. The monoisotopic (exact) mass is 324 g/mol. The normalized spacial score (nSPS) is 10.7. The maximum absolute atomic E-state index is 12.7. The van der Waals surface area contributed by atoms with Crippen LogP contribution in [0.5, 0.6) is 11.5 Å². The Hall–Kier alpha value is -2.95. The van der Waals surface area contributed by atoms with Crippen molar-refractivity contribution in [1.82, 2.24) is 4.98 Å². The molecule has 2 aromatic carbocycles. The van der Waals surface area contributed by atoms with Gasteiger partial charge in [0.1, 0.15) is 17.2 Å². The molecule has 24 heavy (non-hydrogen) atoms. The predicted molar refractivity (Wildman–Crippen MR) is 95.3 cm³/mol. The van der Waals surface area contributed by atoms with E-state index in [1.54, 1.807) is 14.2 Å². The number of amides is 1. The summed E-state index contributed by atoms with van der Waals surface area (Å²) in [7, 11) is 3.20. The molecule has 3 rings (SSSR count). The van der Waals surface area contributed by atoms with Gasteiger partial charge in [-0.05, 0) is 49.2 Å². The summed E-state index contributed by atoms with van der Waals surface area (Å²) in [5, 5.41) is 3.92. The van der Waals surface area contributed by atoms with Crippen molar-refractivity contribution < 1.29 is 14.3 Å². The van der Waals surface area contributed by atoms with Crippen molar-refractivity contribution in [3.8, 4) is 11.5 Å². The number of rotatable bonds is 4. The number of fused-ring (bicyclic) bond motifs is 1. The second-order valence-electron chi connectivity index (χ2n) is 5.69. The number of methoxy groups -OCH3 is 2. The fraction of sp³-hybridized carbons (Fsp3) is 0.211. The molecule has 0 saturated carbocycles. The highest BCUT2D eigenvalue weighted by Crippen LogP contribution is 2.28. The topological polar surface area (TPSA) is 63.4 Å². The van der Waals surface area contributed by atoms with E-state index in [-0.39, 0.29) is 5.91 Å². The zero-order chi connectivity index (χ0) is 17.3. The molecule has 5 heteroatoms. The van der Waals surface area contributed by atoms with Gasteiger partial charge in [-0.15, -0.1) is 0 Å². The summed E-state index contributed by atoms with van der Waals surface area (Å²) in [6, 6.07) is 11.4. The highest BCUT2D eigenvalue weighted by Gasteiger charge is 2.17. The largest absolute Gasteiger partial charge is 0.497 e. The van der Waals surface area contributed by atoms with Gasteiger partial charge in [0.05, 0.1) is 19.9 Å². The van der Waals surface area contributed by atoms with E-state index < -0.39 is 0 Å². The molecule has 0 aliphatic carbocycles. The summed E-state index contributed by atoms with van der Waals surface area (Å²) in [5.74, 6) is 1.17. The summed E-state index contributed by atoms with van der Waals surface area (Å²) >= 11 is 0. The van der Waals surface area contributed by atoms with Crippen molar-refractivity contribution in [2.24, 2.45) is 0 Å². The van der Waals surface area contributed by atoms with Gasteiger partial charge in [0.15, 0.2) is 0 Å². The zero-order valence-electron chi connectivity index (χ0n) is 14.2. The molecule has 0 spiro atoms. The second kappa shape index (κ2) is 6.28. The third-order valence-corrected chi connectivity index (χ3v) is 4.10. The van der Waals surface area contributed by atoms with Crippen LogP contribution in [0.3, 0.4) is 0 Å². The highest BCUT2D eigenvalue weighted by atomic mass is 16.5. The zero-order valence-corrected chi connectivity index (χ0v) is 14.2. The SMILES string of the molecule is COc1ccc2c(C)c(C(=O)Nc3cc(C)ccc3OC)[nH]c2c1. The molecule has 2 N–H and O–H groups in total. The van der Waals surface area contributed by atoms with Gasteiger partial charge in [0.25, 0.3) is 5.91 Å². The van der Waals surface area contributed by atoms with E-state index in [0.29, 0.717) is 17.1 Å². The molecule has 0 radical (unpaired) electrons. The van der Waals surface area contributed by atoms with E-state index in [0.717, 1.165) is 27.8 Å². The number of H-pyrrole nitrogens is 1. The molecule has 0 aliphatic heterocycles. The molecule has 1 aromatic heterocycles. The van der Waals surface area contributed by atoms with Gasteiger partial charge >= 0.3 is 0 Å². The van der Waals surface area contributed by atoms with E-state index in [1.807, 2.05) is 50.2 Å². The molecular formula is C19H20N2O3. The Morgan fingerprint density at radius 1 is 1.04 bits per heavy atom. The molecule has 0 atom stereocenters. The summed E-state index contributed by atoms with van der Waals surface area (Å²) in [5.41, 5.74) is 3.99. The van der Waals surface area contributed by atoms with E-state index >= 15 is 0 Å². The number of hydrogen-bond donors (Lipinski definition) is 2. The molecule has 0 aliphatic rings. The number of nitrogens with one attached hydrogen (secondary N) is 2. The molecule has 0 unspecified atom stereocenters. The summed E-state index contributed by atoms with van der Waals surface area (Å²) < 4.78 is 10.5. The van der Waals surface area contributed by atoms with E-state index in [1.165, 1.54) is 0 Å². The average molecular weight is 324 g/mol. The number of aromatic amines is 1. The third kappa shape index (κ3) is 2.80. The maximum atomic E-state index is 12.7. The first kappa shape index (κ1) is 15.9. The standard InChI is InChI=1S/C19H20N2O3/c1-11-5-8-17(24-4)16(9-11)21-19(22)18-12(2)14-7-6-13(23-3)10-15(14)20-18/h5-10,20H,1-4H3,(H,21,22). The van der Waals surface area contributed by atoms with Crippen molar-refractivity contribution in [1.29, 1.82) is 0 Å². The van der Waals surface area contributed by atoms with Crippen molar-refractivity contribution in [2.75, 3.05) is 19.5 Å². The number of benzene rings is 2. The number of aryl methyl sites for hydroxylation is 2. The Kier molecular flexibility index (Phi) is 4.16. The van der Waals surface area contributed by atoms with Crippen LogP contribution in [-0.4, -0.2) is 25.1 Å². The van der Waals surface area contributed by atoms with Gasteiger partial charge in [-0.1, -0.05) is 6.07 Å². The van der Waals surface area contributed by atoms with Crippen LogP contribution in [0.4, 0.5) is 5.69 Å². The van der Waals surface area contributed by atoms with Crippen LogP contribution in [0.15, 0.2) is 36.4 Å². The van der Waals surface area contributed by atoms with Crippen molar-refractivity contribution >= 4 is 22.5 Å². The van der Waals surface area contributed by atoms with Crippen LogP contribution >= 0.6 is 0 Å². The van der Waals surface area contributed by atoms with Crippen LogP contribution in [-0.2, 0) is 0 Å². The number of ether oxygens (including phenoxy) is 2. The Bertz CT molecular complexity index is 912. The summed E-state index contributed by atoms with van der Waals surface area (Å²) in [6.45, 7) is 3.89. The number of anilines is 1. The number of aromatic nitrogens is 1. The Labute approximate surface area is 140 Å². The lowest BCUT2D eigenvalue weighted by Crippen LogP contribution is -2.14. The van der Waals surface area contributed by atoms with Gasteiger partial charge in [-0.2, -0.15) is 0 Å². The lowest BCUT2D eigenvalue weighted by Gasteiger charge is -2.10. The quantitative estimate of drug-likeness (QED) is 0.761. The highest BCUT2D eigenvalue weighted by molar-refractivity contribution is 6.08. The first-order valence-electron chi connectivity index (χ1n) is 7.65. The first-order chi connectivity index (χ1) is 11.5. The summed E-state index contributed by atoms with van der Waals surface area (Å²) in [4.78, 5) is 15.9. The van der Waals surface area contributed by atoms with E-state index in [9.17, 15) is 4.79 Å². The Morgan fingerprint density at radius 3 is 2.54 bits per heavy atom. The van der Waals surface area contributed by atoms with Gasteiger partial charge < -0.3 is 19.8 Å². The molecular weight excluding hydrogens is 304 g/mol. The smallest absolute Gasteiger partial charge is 0.272 e. The molecule has 0 saturated heterocycles. The summed E-state index contributed by atoms with van der Waals surface area (Å²) in [6.07, 6.45) is 0. The minimum absolute atomic E-state index is 0.202. The molecule has 124 valence electrons. The number of carbonyl (C=O) groups is 1. The third-order valence-electron chi connectivity index (χ3n) is 4.10. The van der Waals surface area contributed by atoms with Gasteiger partial charge in [0, 0.05) is 17.0 Å². The fourth-order valence-electron chi connectivity index (χ4n) is 2.78. The van der Waals surface area contributed by atoms with Gasteiger partial charge in [0.2, 0.25) is 0 Å². The van der Waals surface area contributed by atoms with Crippen LogP contribution in [0.2, 0.25) is 0 Å². The Balaban J connectivity index is 1.97. The van der Waals surface area contributed by atoms with Crippen LogP contribution < -0.4 is 14.8 Å². The predicted octanol–water partition coefficient (Wildman–Crippen LogP) is 4.05.